The molecule has 0 bridgehead atoms. The number of para-hydroxylation sites is 1. The van der Waals surface area contributed by atoms with Crippen molar-refractivity contribution in [2.24, 2.45) is 0 Å². The van der Waals surface area contributed by atoms with Gasteiger partial charge in [0.2, 0.25) is 0 Å². The van der Waals surface area contributed by atoms with Gasteiger partial charge < -0.3 is 14.6 Å². The molecule has 1 spiro atoms. The van der Waals surface area contributed by atoms with Crippen molar-refractivity contribution in [3.05, 3.63) is 36.4 Å². The van der Waals surface area contributed by atoms with Crippen molar-refractivity contribution < 1.29 is 24.2 Å². The molecule has 0 atom stereocenters. The maximum atomic E-state index is 12.2. The number of hydrogen-bond acceptors (Lipinski definition) is 4. The molecule has 1 aromatic carbocycles. The summed E-state index contributed by atoms with van der Waals surface area (Å²) in [7, 11) is 0. The minimum atomic E-state index is -1.08. The van der Waals surface area contributed by atoms with Crippen LogP contribution in [-0.4, -0.2) is 35.9 Å². The van der Waals surface area contributed by atoms with Crippen molar-refractivity contribution in [2.45, 2.75) is 18.4 Å². The van der Waals surface area contributed by atoms with Crippen LogP contribution in [0.3, 0.4) is 0 Å². The van der Waals surface area contributed by atoms with Gasteiger partial charge in [-0.25, -0.2) is 9.59 Å². The Hall–Kier alpha value is -2.50. The average Bonchev–Trinajstić information content (AvgIpc) is 3.22. The Bertz CT molecular complexity index is 620. The largest absolute Gasteiger partial charge is 0.482 e. The number of amides is 1. The van der Waals surface area contributed by atoms with Gasteiger partial charge in [0.25, 0.3) is 0 Å². The molecule has 0 aromatic heterocycles. The number of hydrogen-bond donors (Lipinski definition) is 1. The number of carbonyl (C=O) groups is 2. The Morgan fingerprint density at radius 2 is 2.24 bits per heavy atom. The lowest BCUT2D eigenvalue weighted by molar-refractivity contribution is 0.0685. The molecule has 110 valence electrons. The van der Waals surface area contributed by atoms with Gasteiger partial charge >= 0.3 is 12.1 Å². The quantitative estimate of drug-likeness (QED) is 0.865. The summed E-state index contributed by atoms with van der Waals surface area (Å²) in [5, 5.41) is 9.27. The first-order valence-corrected chi connectivity index (χ1v) is 6.67. The van der Waals surface area contributed by atoms with E-state index in [1.165, 1.54) is 17.0 Å². The second-order valence-corrected chi connectivity index (χ2v) is 5.20. The smallest absolute Gasteiger partial charge is 0.414 e. The fourth-order valence-electron chi connectivity index (χ4n) is 2.41. The maximum Gasteiger partial charge on any atom is 0.414 e. The number of rotatable bonds is 3. The predicted octanol–water partition coefficient (Wildman–Crippen LogP) is 2.44. The SMILES string of the molecule is C=CCOC(=O)N1CC2(CC2)Oc2c(C(=O)O)cccc21. The Balaban J connectivity index is 2.00. The summed E-state index contributed by atoms with van der Waals surface area (Å²) in [6.07, 6.45) is 2.56. The summed E-state index contributed by atoms with van der Waals surface area (Å²) in [6, 6.07) is 4.71. The zero-order valence-corrected chi connectivity index (χ0v) is 11.4. The molecule has 1 heterocycles. The average molecular weight is 289 g/mol. The molecule has 21 heavy (non-hydrogen) atoms. The molecular formula is C15H15NO5. The zero-order chi connectivity index (χ0) is 15.0. The van der Waals surface area contributed by atoms with Gasteiger partial charge in [0.15, 0.2) is 5.75 Å². The molecule has 6 heteroatoms. The molecule has 1 aromatic rings. The lowest BCUT2D eigenvalue weighted by Gasteiger charge is -2.35. The van der Waals surface area contributed by atoms with E-state index in [-0.39, 0.29) is 17.9 Å². The third-order valence-corrected chi connectivity index (χ3v) is 3.63. The molecule has 0 saturated heterocycles. The van der Waals surface area contributed by atoms with Crippen LogP contribution in [0.5, 0.6) is 5.75 Å². The van der Waals surface area contributed by atoms with Crippen molar-refractivity contribution in [1.82, 2.24) is 0 Å². The standard InChI is InChI=1S/C15H15NO5/c1-2-8-20-14(19)16-9-15(6-7-15)21-12-10(13(17)18)4-3-5-11(12)16/h2-5H,1,6-9H2,(H,17,18). The van der Waals surface area contributed by atoms with Crippen LogP contribution in [0.25, 0.3) is 0 Å². The van der Waals surface area contributed by atoms with Gasteiger partial charge in [0.05, 0.1) is 12.2 Å². The summed E-state index contributed by atoms with van der Waals surface area (Å²) >= 11 is 0. The fourth-order valence-corrected chi connectivity index (χ4v) is 2.41. The number of ether oxygens (including phenoxy) is 2. The second kappa shape index (κ2) is 4.80. The first kappa shape index (κ1) is 13.5. The van der Waals surface area contributed by atoms with E-state index >= 15 is 0 Å². The number of nitrogens with zero attached hydrogens (tertiary/aromatic N) is 1. The lowest BCUT2D eigenvalue weighted by atomic mass is 10.1. The van der Waals surface area contributed by atoms with Crippen molar-refractivity contribution in [2.75, 3.05) is 18.1 Å². The van der Waals surface area contributed by atoms with Crippen LogP contribution in [0.1, 0.15) is 23.2 Å². The normalized spacial score (nSPS) is 17.6. The minimum absolute atomic E-state index is 0.0556. The van der Waals surface area contributed by atoms with Crippen molar-refractivity contribution in [3.63, 3.8) is 0 Å². The van der Waals surface area contributed by atoms with Crippen LogP contribution < -0.4 is 9.64 Å². The molecule has 1 amide bonds. The first-order chi connectivity index (χ1) is 10.1. The number of aromatic carboxylic acids is 1. The van der Waals surface area contributed by atoms with E-state index in [0.717, 1.165) is 12.8 Å². The Morgan fingerprint density at radius 1 is 1.48 bits per heavy atom. The molecule has 6 nitrogen and oxygen atoms in total. The van der Waals surface area contributed by atoms with E-state index in [9.17, 15) is 14.7 Å². The Morgan fingerprint density at radius 3 is 2.86 bits per heavy atom. The number of carbonyl (C=O) groups excluding carboxylic acids is 1. The van der Waals surface area contributed by atoms with Crippen LogP contribution >= 0.6 is 0 Å². The van der Waals surface area contributed by atoms with Gasteiger partial charge in [-0.15, -0.1) is 0 Å². The van der Waals surface area contributed by atoms with Crippen LogP contribution in [0, 0.1) is 0 Å². The molecule has 0 radical (unpaired) electrons. The van der Waals surface area contributed by atoms with E-state index in [1.54, 1.807) is 12.1 Å². The van der Waals surface area contributed by atoms with E-state index in [1.807, 2.05) is 0 Å². The van der Waals surface area contributed by atoms with Crippen LogP contribution in [0.4, 0.5) is 10.5 Å². The monoisotopic (exact) mass is 289 g/mol. The highest BCUT2D eigenvalue weighted by molar-refractivity contribution is 5.98. The van der Waals surface area contributed by atoms with Gasteiger partial charge in [-0.05, 0) is 25.0 Å². The molecule has 0 unspecified atom stereocenters. The number of benzene rings is 1. The summed E-state index contributed by atoms with van der Waals surface area (Å²) in [5.74, 6) is -0.840. The predicted molar refractivity (Wildman–Crippen MR) is 74.9 cm³/mol. The lowest BCUT2D eigenvalue weighted by Crippen LogP contribution is -2.45. The first-order valence-electron chi connectivity index (χ1n) is 6.67. The number of anilines is 1. The van der Waals surface area contributed by atoms with Crippen molar-refractivity contribution in [3.8, 4) is 5.75 Å². The van der Waals surface area contributed by atoms with Crippen molar-refractivity contribution >= 4 is 17.7 Å². The third kappa shape index (κ3) is 2.33. The number of carboxylic acids is 1. The van der Waals surface area contributed by atoms with Gasteiger partial charge in [-0.3, -0.25) is 4.90 Å². The minimum Gasteiger partial charge on any atom is -0.482 e. The highest BCUT2D eigenvalue weighted by atomic mass is 16.6. The number of fused-ring (bicyclic) bond motifs is 1. The third-order valence-electron chi connectivity index (χ3n) is 3.63. The summed E-state index contributed by atoms with van der Waals surface area (Å²) in [6.45, 7) is 3.98. The zero-order valence-electron chi connectivity index (χ0n) is 11.4. The molecule has 3 rings (SSSR count). The van der Waals surface area contributed by atoms with E-state index in [2.05, 4.69) is 6.58 Å². The van der Waals surface area contributed by atoms with Crippen LogP contribution in [-0.2, 0) is 4.74 Å². The van der Waals surface area contributed by atoms with Crippen LogP contribution in [0.2, 0.25) is 0 Å². The topological polar surface area (TPSA) is 76.1 Å². The summed E-state index contributed by atoms with van der Waals surface area (Å²) in [5.41, 5.74) is 0.0210. The molecule has 1 fully saturated rings. The second-order valence-electron chi connectivity index (χ2n) is 5.20. The van der Waals surface area contributed by atoms with E-state index in [4.69, 9.17) is 9.47 Å². The summed E-state index contributed by atoms with van der Waals surface area (Å²) < 4.78 is 10.9. The van der Waals surface area contributed by atoms with Crippen LogP contribution in [0.15, 0.2) is 30.9 Å². The molecule has 2 aliphatic rings. The maximum absolute atomic E-state index is 12.2. The summed E-state index contributed by atoms with van der Waals surface area (Å²) in [4.78, 5) is 24.9. The molecule has 1 N–H and O–H groups in total. The van der Waals surface area contributed by atoms with E-state index < -0.39 is 17.7 Å². The molecule has 1 aliphatic carbocycles. The molecule has 1 aliphatic heterocycles. The van der Waals surface area contributed by atoms with Gasteiger partial charge in [-0.1, -0.05) is 18.7 Å². The van der Waals surface area contributed by atoms with Crippen molar-refractivity contribution in [1.29, 1.82) is 0 Å². The Labute approximate surface area is 121 Å². The van der Waals surface area contributed by atoms with Gasteiger partial charge in [0, 0.05) is 0 Å². The highest BCUT2D eigenvalue weighted by Gasteiger charge is 2.52. The fraction of sp³-hybridized carbons (Fsp3) is 0.333. The highest BCUT2D eigenvalue weighted by Crippen LogP contribution is 2.49. The number of carboxylic acid groups (broad SMARTS) is 1. The van der Waals surface area contributed by atoms with E-state index in [0.29, 0.717) is 12.2 Å². The Kier molecular flexibility index (Phi) is 3.08. The molecular weight excluding hydrogens is 274 g/mol. The molecule has 1 saturated carbocycles. The van der Waals surface area contributed by atoms with Gasteiger partial charge in [-0.2, -0.15) is 0 Å². The van der Waals surface area contributed by atoms with Gasteiger partial charge in [0.1, 0.15) is 17.8 Å².